The van der Waals surface area contributed by atoms with Gasteiger partial charge in [-0.05, 0) is 25.8 Å². The van der Waals surface area contributed by atoms with Crippen LogP contribution in [-0.4, -0.2) is 60.9 Å². The summed E-state index contributed by atoms with van der Waals surface area (Å²) in [6.07, 6.45) is 0.843. The number of nitrogens with zero attached hydrogens (tertiary/aromatic N) is 2. The highest BCUT2D eigenvalue weighted by Crippen LogP contribution is 2.61. The van der Waals surface area contributed by atoms with Gasteiger partial charge in [0, 0.05) is 50.8 Å². The van der Waals surface area contributed by atoms with Crippen molar-refractivity contribution in [1.29, 1.82) is 0 Å². The molecule has 2 rings (SSSR count). The minimum absolute atomic E-state index is 0.101. The monoisotopic (exact) mass is 468 g/mol. The van der Waals surface area contributed by atoms with Crippen LogP contribution in [-0.2, 0) is 23.1 Å². The van der Waals surface area contributed by atoms with Crippen LogP contribution in [0.5, 0.6) is 0 Å². The predicted octanol–water partition coefficient (Wildman–Crippen LogP) is 4.28. The average molecular weight is 468 g/mol. The number of benzene rings is 1. The summed E-state index contributed by atoms with van der Waals surface area (Å²) in [5.41, 5.74) is 0.431. The smallest absolute Gasteiger partial charge is 0.359 e. The maximum atomic E-state index is 13.6. The van der Waals surface area contributed by atoms with E-state index < -0.39 is 24.5 Å². The lowest BCUT2D eigenvalue weighted by Crippen LogP contribution is -2.40. The van der Waals surface area contributed by atoms with Crippen LogP contribution in [0.15, 0.2) is 40.8 Å². The number of rotatable bonds is 11. The fraction of sp³-hybridized carbons (Fsp3) is 0.476. The SMILES string of the molecule is CCCOCCN1C(C)=C(C(=O)O)C(c2cccc([N+](=O)[O-])c2)=C(P(=O)(OC)OC)C1C. The van der Waals surface area contributed by atoms with Crippen LogP contribution < -0.4 is 0 Å². The maximum Gasteiger partial charge on any atom is 0.359 e. The van der Waals surface area contributed by atoms with Crippen LogP contribution in [0.25, 0.3) is 5.57 Å². The molecule has 0 bridgehead atoms. The third-order valence-electron chi connectivity index (χ3n) is 5.32. The van der Waals surface area contributed by atoms with Crippen LogP contribution in [0.4, 0.5) is 5.69 Å². The van der Waals surface area contributed by atoms with Crippen LogP contribution in [0.1, 0.15) is 32.8 Å². The summed E-state index contributed by atoms with van der Waals surface area (Å²) in [7, 11) is -1.49. The summed E-state index contributed by atoms with van der Waals surface area (Å²) in [5.74, 6) is -1.26. The van der Waals surface area contributed by atoms with E-state index in [1.807, 2.05) is 6.92 Å². The molecular formula is C21H29N2O8P. The van der Waals surface area contributed by atoms with E-state index in [9.17, 15) is 24.6 Å². The second kappa shape index (κ2) is 10.9. The third kappa shape index (κ3) is 5.10. The van der Waals surface area contributed by atoms with Crippen molar-refractivity contribution in [3.63, 3.8) is 0 Å². The number of carboxylic acid groups (broad SMARTS) is 1. The van der Waals surface area contributed by atoms with E-state index in [-0.39, 0.29) is 27.7 Å². The van der Waals surface area contributed by atoms with Crippen molar-refractivity contribution in [2.24, 2.45) is 0 Å². The fourth-order valence-electron chi connectivity index (χ4n) is 3.84. The Balaban J connectivity index is 2.80. The van der Waals surface area contributed by atoms with Gasteiger partial charge in [-0.1, -0.05) is 19.1 Å². The maximum absolute atomic E-state index is 13.6. The summed E-state index contributed by atoms with van der Waals surface area (Å²) in [5, 5.41) is 21.6. The second-order valence-corrected chi connectivity index (χ2v) is 9.38. The molecule has 10 nitrogen and oxygen atoms in total. The zero-order chi connectivity index (χ0) is 24.1. The Kier molecular flexibility index (Phi) is 8.74. The Morgan fingerprint density at radius 3 is 2.47 bits per heavy atom. The number of non-ortho nitro benzene ring substituents is 1. The fourth-order valence-corrected chi connectivity index (χ4v) is 5.49. The first-order valence-corrected chi connectivity index (χ1v) is 11.7. The van der Waals surface area contributed by atoms with Gasteiger partial charge in [-0.2, -0.15) is 0 Å². The molecule has 1 aliphatic rings. The third-order valence-corrected chi connectivity index (χ3v) is 7.47. The van der Waals surface area contributed by atoms with E-state index >= 15 is 0 Å². The molecule has 1 aromatic carbocycles. The molecule has 0 amide bonds. The molecule has 11 heteroatoms. The van der Waals surface area contributed by atoms with E-state index in [0.29, 0.717) is 25.5 Å². The molecule has 0 aromatic heterocycles. The first-order valence-electron chi connectivity index (χ1n) is 10.1. The summed E-state index contributed by atoms with van der Waals surface area (Å²) in [6, 6.07) is 4.97. The molecule has 0 saturated heterocycles. The van der Waals surface area contributed by atoms with Crippen molar-refractivity contribution in [2.45, 2.75) is 33.2 Å². The summed E-state index contributed by atoms with van der Waals surface area (Å²) >= 11 is 0. The number of aliphatic carboxylic acids is 1. The first kappa shape index (κ1) is 25.7. The molecule has 0 saturated carbocycles. The minimum atomic E-state index is -3.93. The molecule has 1 aliphatic heterocycles. The Labute approximate surface area is 187 Å². The lowest BCUT2D eigenvalue weighted by molar-refractivity contribution is -0.384. The summed E-state index contributed by atoms with van der Waals surface area (Å²) in [6.45, 7) is 6.65. The number of hydrogen-bond acceptors (Lipinski definition) is 8. The van der Waals surface area contributed by atoms with Gasteiger partial charge in [0.1, 0.15) is 0 Å². The summed E-state index contributed by atoms with van der Waals surface area (Å²) in [4.78, 5) is 24.9. The number of nitro benzene ring substituents is 1. The van der Waals surface area contributed by atoms with Crippen LogP contribution in [0.2, 0.25) is 0 Å². The van der Waals surface area contributed by atoms with Crippen molar-refractivity contribution in [2.75, 3.05) is 34.0 Å². The van der Waals surface area contributed by atoms with Gasteiger partial charge in [-0.15, -0.1) is 0 Å². The van der Waals surface area contributed by atoms with Crippen molar-refractivity contribution in [3.8, 4) is 0 Å². The van der Waals surface area contributed by atoms with E-state index in [2.05, 4.69) is 0 Å². The van der Waals surface area contributed by atoms with Crippen LogP contribution in [0, 0.1) is 10.1 Å². The zero-order valence-corrected chi connectivity index (χ0v) is 19.8. The Hall–Kier alpha value is -2.52. The van der Waals surface area contributed by atoms with Crippen LogP contribution >= 0.6 is 7.60 Å². The summed E-state index contributed by atoms with van der Waals surface area (Å²) < 4.78 is 29.7. The predicted molar refractivity (Wildman–Crippen MR) is 119 cm³/mol. The zero-order valence-electron chi connectivity index (χ0n) is 18.9. The molecule has 1 N–H and O–H groups in total. The normalized spacial score (nSPS) is 17.2. The van der Waals surface area contributed by atoms with Gasteiger partial charge in [0.25, 0.3) is 5.69 Å². The minimum Gasteiger partial charge on any atom is -0.478 e. The van der Waals surface area contributed by atoms with Gasteiger partial charge in [-0.25, -0.2) is 4.79 Å². The molecule has 0 spiro atoms. The highest BCUT2D eigenvalue weighted by molar-refractivity contribution is 7.58. The molecule has 1 atom stereocenters. The highest BCUT2D eigenvalue weighted by Gasteiger charge is 2.44. The number of allylic oxidation sites excluding steroid dienone is 1. The van der Waals surface area contributed by atoms with Gasteiger partial charge in [0.05, 0.1) is 28.5 Å². The van der Waals surface area contributed by atoms with Crippen LogP contribution in [0.3, 0.4) is 0 Å². The molecule has 1 unspecified atom stereocenters. The Morgan fingerprint density at radius 2 is 1.94 bits per heavy atom. The topological polar surface area (TPSA) is 128 Å². The van der Waals surface area contributed by atoms with Crippen molar-refractivity contribution < 1.29 is 33.2 Å². The lowest BCUT2D eigenvalue weighted by atomic mass is 9.90. The van der Waals surface area contributed by atoms with Crippen molar-refractivity contribution in [3.05, 3.63) is 56.5 Å². The molecule has 1 aromatic rings. The average Bonchev–Trinajstić information content (AvgIpc) is 2.77. The molecule has 0 fully saturated rings. The molecule has 176 valence electrons. The quantitative estimate of drug-likeness (QED) is 0.219. The van der Waals surface area contributed by atoms with Gasteiger partial charge >= 0.3 is 13.6 Å². The van der Waals surface area contributed by atoms with Crippen molar-refractivity contribution in [1.82, 2.24) is 4.90 Å². The molecule has 0 aliphatic carbocycles. The number of carbonyl (C=O) groups is 1. The first-order chi connectivity index (χ1) is 15.1. The van der Waals surface area contributed by atoms with Gasteiger partial charge in [-0.3, -0.25) is 14.7 Å². The Bertz CT molecular complexity index is 980. The number of hydrogen-bond donors (Lipinski definition) is 1. The number of ether oxygens (including phenoxy) is 1. The van der Waals surface area contributed by atoms with Gasteiger partial charge in [0.2, 0.25) is 0 Å². The standard InChI is InChI=1S/C21H29N2O8P/c1-6-11-31-12-10-22-14(2)18(21(24)25)19(16-8-7-9-17(13-16)23(26)27)20(15(22)3)32(28,29-4)30-5/h7-9,13,15H,6,10-12H2,1-5H3,(H,24,25). The van der Waals surface area contributed by atoms with Gasteiger partial charge < -0.3 is 23.8 Å². The number of nitro groups is 1. The molecule has 32 heavy (non-hydrogen) atoms. The van der Waals surface area contributed by atoms with E-state index in [0.717, 1.165) is 6.42 Å². The lowest BCUT2D eigenvalue weighted by Gasteiger charge is -2.40. The number of carboxylic acids is 1. The largest absolute Gasteiger partial charge is 0.478 e. The highest BCUT2D eigenvalue weighted by atomic mass is 31.2. The van der Waals surface area contributed by atoms with E-state index in [1.165, 1.54) is 32.4 Å². The molecule has 0 radical (unpaired) electrons. The van der Waals surface area contributed by atoms with Crippen molar-refractivity contribution >= 4 is 24.8 Å². The van der Waals surface area contributed by atoms with E-state index in [4.69, 9.17) is 13.8 Å². The van der Waals surface area contributed by atoms with E-state index in [1.54, 1.807) is 24.8 Å². The Morgan fingerprint density at radius 1 is 1.28 bits per heavy atom. The molecular weight excluding hydrogens is 439 g/mol. The molecule has 1 heterocycles. The second-order valence-electron chi connectivity index (χ2n) is 7.18. The van der Waals surface area contributed by atoms with Gasteiger partial charge in [0.15, 0.2) is 0 Å².